The first-order chi connectivity index (χ1) is 10.5. The lowest BCUT2D eigenvalue weighted by Crippen LogP contribution is -2.43. The van der Waals surface area contributed by atoms with Crippen LogP contribution in [0, 0.1) is 0 Å². The highest BCUT2D eigenvalue weighted by Gasteiger charge is 2.12. The van der Waals surface area contributed by atoms with E-state index in [0.717, 1.165) is 5.56 Å². The Kier molecular flexibility index (Phi) is 5.35. The molecule has 22 heavy (non-hydrogen) atoms. The fraction of sp³-hybridized carbons (Fsp3) is 0.133. The van der Waals surface area contributed by atoms with Crippen LogP contribution in [0.2, 0.25) is 10.0 Å². The number of nitrogens with zero attached hydrogens (tertiary/aromatic N) is 1. The zero-order valence-electron chi connectivity index (χ0n) is 11.6. The Labute approximate surface area is 137 Å². The van der Waals surface area contributed by atoms with Crippen molar-refractivity contribution in [3.63, 3.8) is 0 Å². The Morgan fingerprint density at radius 1 is 1.23 bits per heavy atom. The summed E-state index contributed by atoms with van der Waals surface area (Å²) < 4.78 is 1.58. The van der Waals surface area contributed by atoms with Crippen molar-refractivity contribution in [1.29, 1.82) is 0 Å². The van der Waals surface area contributed by atoms with Gasteiger partial charge in [-0.25, -0.2) is 0 Å². The Balaban J connectivity index is 1.95. The van der Waals surface area contributed by atoms with E-state index in [0.29, 0.717) is 22.2 Å². The lowest BCUT2D eigenvalue weighted by Gasteiger charge is -2.06. The quantitative estimate of drug-likeness (QED) is 0.814. The second-order valence-electron chi connectivity index (χ2n) is 4.64. The first-order valence-electron chi connectivity index (χ1n) is 6.45. The Morgan fingerprint density at radius 3 is 2.68 bits per heavy atom. The van der Waals surface area contributed by atoms with Gasteiger partial charge in [0, 0.05) is 22.7 Å². The fourth-order valence-electron chi connectivity index (χ4n) is 1.85. The van der Waals surface area contributed by atoms with Crippen LogP contribution in [0.3, 0.4) is 0 Å². The lowest BCUT2D eigenvalue weighted by atomic mass is 10.2. The van der Waals surface area contributed by atoms with Crippen molar-refractivity contribution in [3.8, 4) is 0 Å². The molecule has 0 aliphatic heterocycles. The maximum absolute atomic E-state index is 11.9. The summed E-state index contributed by atoms with van der Waals surface area (Å²) in [5.41, 5.74) is 6.32. The van der Waals surface area contributed by atoms with E-state index in [1.54, 1.807) is 41.1 Å². The Morgan fingerprint density at radius 2 is 2.00 bits per heavy atom. The van der Waals surface area contributed by atoms with Gasteiger partial charge in [0.2, 0.25) is 6.54 Å². The first kappa shape index (κ1) is 16.3. The second kappa shape index (κ2) is 7.24. The van der Waals surface area contributed by atoms with Crippen LogP contribution in [-0.4, -0.2) is 11.8 Å². The number of hydrogen-bond acceptors (Lipinski definition) is 2. The van der Waals surface area contributed by atoms with Crippen molar-refractivity contribution >= 4 is 35.0 Å². The van der Waals surface area contributed by atoms with Crippen LogP contribution in [0.25, 0.3) is 0 Å². The molecule has 1 aromatic carbocycles. The molecule has 0 unspecified atom stereocenters. The molecule has 0 aliphatic rings. The van der Waals surface area contributed by atoms with Gasteiger partial charge in [-0.1, -0.05) is 29.3 Å². The molecular formula is C15H14Cl2N3O2+. The van der Waals surface area contributed by atoms with Crippen molar-refractivity contribution in [3.05, 3.63) is 63.9 Å². The number of rotatable bonds is 5. The summed E-state index contributed by atoms with van der Waals surface area (Å²) in [6.45, 7) is 0.372. The molecule has 1 heterocycles. The van der Waals surface area contributed by atoms with Crippen LogP contribution < -0.4 is 15.6 Å². The molecule has 2 amide bonds. The monoisotopic (exact) mass is 338 g/mol. The molecule has 0 saturated carbocycles. The number of pyridine rings is 1. The Hall–Kier alpha value is -2.11. The fourth-order valence-corrected chi connectivity index (χ4v) is 2.32. The van der Waals surface area contributed by atoms with E-state index in [2.05, 4.69) is 5.32 Å². The maximum atomic E-state index is 11.9. The van der Waals surface area contributed by atoms with E-state index in [4.69, 9.17) is 28.9 Å². The largest absolute Gasteiger partial charge is 0.365 e. The smallest absolute Gasteiger partial charge is 0.286 e. The second-order valence-corrected chi connectivity index (χ2v) is 5.49. The number of carbonyl (C=O) groups is 2. The van der Waals surface area contributed by atoms with Crippen molar-refractivity contribution in [2.24, 2.45) is 5.73 Å². The molecule has 0 atom stereocenters. The van der Waals surface area contributed by atoms with Gasteiger partial charge in [-0.05, 0) is 23.8 Å². The van der Waals surface area contributed by atoms with E-state index < -0.39 is 5.91 Å². The van der Waals surface area contributed by atoms with Gasteiger partial charge in [-0.15, -0.1) is 0 Å². The summed E-state index contributed by atoms with van der Waals surface area (Å²) in [6.07, 6.45) is 3.21. The Bertz CT molecular complexity index is 720. The summed E-state index contributed by atoms with van der Waals surface area (Å²) in [5, 5.41) is 3.79. The highest BCUT2D eigenvalue weighted by atomic mass is 35.5. The molecule has 7 heteroatoms. The maximum Gasteiger partial charge on any atom is 0.286 e. The van der Waals surface area contributed by atoms with E-state index >= 15 is 0 Å². The summed E-state index contributed by atoms with van der Waals surface area (Å²) in [6, 6.07) is 8.33. The van der Waals surface area contributed by atoms with Gasteiger partial charge in [0.25, 0.3) is 11.8 Å². The predicted octanol–water partition coefficient (Wildman–Crippen LogP) is 1.70. The predicted molar refractivity (Wildman–Crippen MR) is 83.5 cm³/mol. The highest BCUT2D eigenvalue weighted by molar-refractivity contribution is 6.35. The number of hydrogen-bond donors (Lipinski definition) is 2. The minimum absolute atomic E-state index is 0.0757. The van der Waals surface area contributed by atoms with Crippen molar-refractivity contribution < 1.29 is 14.2 Å². The molecule has 1 aromatic heterocycles. The number of carbonyl (C=O) groups excluding carboxylic acids is 2. The van der Waals surface area contributed by atoms with Crippen LogP contribution in [0.1, 0.15) is 15.9 Å². The summed E-state index contributed by atoms with van der Waals surface area (Å²) in [5.74, 6) is -0.750. The number of aromatic nitrogens is 1. The van der Waals surface area contributed by atoms with E-state index in [1.807, 2.05) is 0 Å². The van der Waals surface area contributed by atoms with Crippen LogP contribution in [0.5, 0.6) is 0 Å². The SMILES string of the molecule is NC(=O)c1ccc[n+](CC(=O)NCc2ccc(Cl)cc2Cl)c1. The molecule has 0 bridgehead atoms. The summed E-state index contributed by atoms with van der Waals surface area (Å²) in [4.78, 5) is 23.0. The molecule has 0 radical (unpaired) electrons. The zero-order valence-corrected chi connectivity index (χ0v) is 13.1. The normalized spacial score (nSPS) is 10.3. The number of benzene rings is 1. The average molecular weight is 339 g/mol. The molecule has 2 aromatic rings. The van der Waals surface area contributed by atoms with E-state index in [-0.39, 0.29) is 12.5 Å². The van der Waals surface area contributed by atoms with E-state index in [9.17, 15) is 9.59 Å². The standard InChI is InChI=1S/C15H13Cl2N3O2/c16-12-4-3-10(13(17)6-12)7-19-14(21)9-20-5-1-2-11(8-20)15(18)22/h1-6,8H,7,9H2,(H2-,18,19,21,22)/p+1. The first-order valence-corrected chi connectivity index (χ1v) is 7.21. The van der Waals surface area contributed by atoms with Crippen molar-refractivity contribution in [2.75, 3.05) is 0 Å². The summed E-state index contributed by atoms with van der Waals surface area (Å²) in [7, 11) is 0. The number of nitrogens with one attached hydrogen (secondary N) is 1. The molecule has 5 nitrogen and oxygen atoms in total. The van der Waals surface area contributed by atoms with Gasteiger partial charge < -0.3 is 11.1 Å². The van der Waals surface area contributed by atoms with Gasteiger partial charge in [0.1, 0.15) is 5.56 Å². The van der Waals surface area contributed by atoms with Gasteiger partial charge in [0.15, 0.2) is 12.4 Å². The third-order valence-electron chi connectivity index (χ3n) is 2.96. The van der Waals surface area contributed by atoms with Gasteiger partial charge in [-0.2, -0.15) is 4.57 Å². The minimum Gasteiger partial charge on any atom is -0.365 e. The number of nitrogens with two attached hydrogens (primary N) is 1. The molecule has 0 fully saturated rings. The molecule has 0 aliphatic carbocycles. The van der Waals surface area contributed by atoms with Crippen molar-refractivity contribution in [1.82, 2.24) is 5.32 Å². The lowest BCUT2D eigenvalue weighted by molar-refractivity contribution is -0.684. The van der Waals surface area contributed by atoms with Gasteiger partial charge >= 0.3 is 0 Å². The topological polar surface area (TPSA) is 76.1 Å². The molecule has 0 saturated heterocycles. The molecule has 3 N–H and O–H groups in total. The number of halogens is 2. The van der Waals surface area contributed by atoms with Gasteiger partial charge in [-0.3, -0.25) is 9.59 Å². The number of amides is 2. The average Bonchev–Trinajstić information content (AvgIpc) is 2.46. The highest BCUT2D eigenvalue weighted by Crippen LogP contribution is 2.20. The van der Waals surface area contributed by atoms with Crippen molar-refractivity contribution in [2.45, 2.75) is 13.1 Å². The number of primary amides is 1. The molecule has 2 rings (SSSR count). The summed E-state index contributed by atoms with van der Waals surface area (Å²) >= 11 is 11.9. The van der Waals surface area contributed by atoms with Gasteiger partial charge in [0.05, 0.1) is 0 Å². The van der Waals surface area contributed by atoms with E-state index in [1.165, 1.54) is 6.20 Å². The molecule has 114 valence electrons. The van der Waals surface area contributed by atoms with Crippen LogP contribution in [0.15, 0.2) is 42.7 Å². The van der Waals surface area contributed by atoms with Crippen LogP contribution in [0.4, 0.5) is 0 Å². The minimum atomic E-state index is -0.539. The third-order valence-corrected chi connectivity index (χ3v) is 3.55. The van der Waals surface area contributed by atoms with Crippen LogP contribution >= 0.6 is 23.2 Å². The molecular weight excluding hydrogens is 325 g/mol. The zero-order chi connectivity index (χ0) is 16.1. The molecule has 0 spiro atoms. The third kappa shape index (κ3) is 4.44. The van der Waals surface area contributed by atoms with Crippen LogP contribution in [-0.2, 0) is 17.9 Å².